The number of ether oxygens (including phenoxy) is 1. The summed E-state index contributed by atoms with van der Waals surface area (Å²) in [6.07, 6.45) is 2.35. The van der Waals surface area contributed by atoms with Crippen LogP contribution in [-0.2, 0) is 31.5 Å². The average Bonchev–Trinajstić information content (AvgIpc) is 3.43. The number of nitrogens with zero attached hydrogens (tertiary/aromatic N) is 6. The first-order chi connectivity index (χ1) is 14.4. The Morgan fingerprint density at radius 1 is 1.23 bits per heavy atom. The second-order valence-electron chi connectivity index (χ2n) is 7.86. The maximum absolute atomic E-state index is 14.0. The van der Waals surface area contributed by atoms with Crippen molar-refractivity contribution in [2.24, 2.45) is 7.05 Å². The smallest absolute Gasteiger partial charge is 0.346 e. The third kappa shape index (κ3) is 3.13. The molecule has 9 nitrogen and oxygen atoms in total. The number of likely N-dealkylation sites (tertiary alicyclic amines) is 1. The number of hydrogen-bond acceptors (Lipinski definition) is 5. The fourth-order valence-electron chi connectivity index (χ4n) is 4.15. The molecule has 2 aromatic heterocycles. The molecular formula is C20H21FN6O3. The SMILES string of the molecule is Cn1ccc(C(=O)N2CCC3(C2)Cn2c(nn(Cc4ccccc4F)c2=O)CO3)n1. The van der Waals surface area contributed by atoms with Gasteiger partial charge in [0.25, 0.3) is 5.91 Å². The molecule has 0 radical (unpaired) electrons. The van der Waals surface area contributed by atoms with Gasteiger partial charge in [0.2, 0.25) is 0 Å². The summed E-state index contributed by atoms with van der Waals surface area (Å²) in [5, 5.41) is 8.50. The molecule has 0 bridgehead atoms. The minimum atomic E-state index is -0.632. The first-order valence-electron chi connectivity index (χ1n) is 9.77. The molecule has 0 aliphatic carbocycles. The molecule has 1 fully saturated rings. The molecule has 156 valence electrons. The first kappa shape index (κ1) is 18.7. The molecule has 0 N–H and O–H groups in total. The lowest BCUT2D eigenvalue weighted by molar-refractivity contribution is -0.0816. The minimum absolute atomic E-state index is 0.0583. The third-order valence-electron chi connectivity index (χ3n) is 5.77. The highest BCUT2D eigenvalue weighted by Gasteiger charge is 2.45. The van der Waals surface area contributed by atoms with E-state index < -0.39 is 5.60 Å². The Hall–Kier alpha value is -3.27. The highest BCUT2D eigenvalue weighted by atomic mass is 19.1. The largest absolute Gasteiger partial charge is 0.363 e. The topological polar surface area (TPSA) is 87.2 Å². The molecule has 2 aliphatic rings. The summed E-state index contributed by atoms with van der Waals surface area (Å²) in [5.41, 5.74) is -0.141. The summed E-state index contributed by atoms with van der Waals surface area (Å²) in [6.45, 7) is 1.45. The van der Waals surface area contributed by atoms with Crippen LogP contribution in [0, 0.1) is 5.82 Å². The van der Waals surface area contributed by atoms with Crippen molar-refractivity contribution < 1.29 is 13.9 Å². The average molecular weight is 412 g/mol. The molecule has 2 aliphatic heterocycles. The third-order valence-corrected chi connectivity index (χ3v) is 5.77. The van der Waals surface area contributed by atoms with Gasteiger partial charge in [-0.25, -0.2) is 13.9 Å². The standard InChI is InChI=1S/C20H21FN6O3/c1-24-8-6-16(22-24)18(28)25-9-7-20(12-25)13-26-17(11-30-20)23-27(19(26)29)10-14-4-2-3-5-15(14)21/h2-6,8H,7,9-13H2,1H3. The zero-order valence-electron chi connectivity index (χ0n) is 16.5. The summed E-state index contributed by atoms with van der Waals surface area (Å²) >= 11 is 0. The van der Waals surface area contributed by atoms with Crippen molar-refractivity contribution in [3.8, 4) is 0 Å². The van der Waals surface area contributed by atoms with Crippen molar-refractivity contribution >= 4 is 5.91 Å². The second kappa shape index (κ2) is 6.91. The maximum Gasteiger partial charge on any atom is 0.346 e. The molecule has 5 rings (SSSR count). The molecule has 1 saturated heterocycles. The Labute approximate surface area is 171 Å². The lowest BCUT2D eigenvalue weighted by Gasteiger charge is -2.33. The highest BCUT2D eigenvalue weighted by molar-refractivity contribution is 5.92. The van der Waals surface area contributed by atoms with Crippen LogP contribution in [0.25, 0.3) is 0 Å². The number of rotatable bonds is 3. The molecule has 1 atom stereocenters. The number of halogens is 1. The lowest BCUT2D eigenvalue weighted by Crippen LogP contribution is -2.47. The fourth-order valence-corrected chi connectivity index (χ4v) is 4.15. The minimum Gasteiger partial charge on any atom is -0.363 e. The molecular weight excluding hydrogens is 391 g/mol. The van der Waals surface area contributed by atoms with E-state index in [1.54, 1.807) is 51.7 Å². The van der Waals surface area contributed by atoms with Gasteiger partial charge in [0.15, 0.2) is 5.82 Å². The monoisotopic (exact) mass is 412 g/mol. The Kier molecular flexibility index (Phi) is 4.31. The first-order valence-corrected chi connectivity index (χ1v) is 9.77. The predicted molar refractivity (Wildman–Crippen MR) is 103 cm³/mol. The van der Waals surface area contributed by atoms with Gasteiger partial charge in [0.1, 0.15) is 23.7 Å². The number of hydrogen-bond donors (Lipinski definition) is 0. The molecule has 0 saturated carbocycles. The van der Waals surface area contributed by atoms with Crippen molar-refractivity contribution in [3.63, 3.8) is 0 Å². The Balaban J connectivity index is 1.35. The van der Waals surface area contributed by atoms with Gasteiger partial charge in [-0.3, -0.25) is 14.0 Å². The van der Waals surface area contributed by atoms with Crippen LogP contribution < -0.4 is 5.69 Å². The van der Waals surface area contributed by atoms with Gasteiger partial charge in [-0.2, -0.15) is 10.2 Å². The van der Waals surface area contributed by atoms with Crippen LogP contribution in [0.4, 0.5) is 4.39 Å². The van der Waals surface area contributed by atoms with Crippen LogP contribution in [0.15, 0.2) is 41.3 Å². The normalized spacial score (nSPS) is 20.7. The summed E-state index contributed by atoms with van der Waals surface area (Å²) in [6, 6.07) is 8.01. The van der Waals surface area contributed by atoms with Gasteiger partial charge in [-0.1, -0.05) is 18.2 Å². The van der Waals surface area contributed by atoms with E-state index in [-0.39, 0.29) is 30.6 Å². The van der Waals surface area contributed by atoms with E-state index in [9.17, 15) is 14.0 Å². The quantitative estimate of drug-likeness (QED) is 0.635. The predicted octanol–water partition coefficient (Wildman–Crippen LogP) is 0.781. The number of carbonyl (C=O) groups is 1. The van der Waals surface area contributed by atoms with E-state index in [4.69, 9.17) is 4.74 Å². The maximum atomic E-state index is 14.0. The number of aromatic nitrogens is 5. The van der Waals surface area contributed by atoms with Crippen molar-refractivity contribution in [1.29, 1.82) is 0 Å². The molecule has 4 heterocycles. The number of carbonyl (C=O) groups excluding carboxylic acids is 1. The molecule has 1 unspecified atom stereocenters. The molecule has 1 amide bonds. The van der Waals surface area contributed by atoms with E-state index >= 15 is 0 Å². The Morgan fingerprint density at radius 2 is 2.07 bits per heavy atom. The van der Waals surface area contributed by atoms with E-state index in [1.165, 1.54) is 10.7 Å². The Morgan fingerprint density at radius 3 is 2.83 bits per heavy atom. The Bertz CT molecular complexity index is 1180. The van der Waals surface area contributed by atoms with Gasteiger partial charge in [0.05, 0.1) is 19.6 Å². The fraction of sp³-hybridized carbons (Fsp3) is 0.400. The van der Waals surface area contributed by atoms with Crippen molar-refractivity contribution in [2.45, 2.75) is 31.7 Å². The van der Waals surface area contributed by atoms with Crippen LogP contribution in [0.5, 0.6) is 0 Å². The van der Waals surface area contributed by atoms with E-state index in [0.29, 0.717) is 43.1 Å². The van der Waals surface area contributed by atoms with Crippen molar-refractivity contribution in [1.82, 2.24) is 29.0 Å². The van der Waals surface area contributed by atoms with Crippen molar-refractivity contribution in [3.05, 3.63) is 69.9 Å². The van der Waals surface area contributed by atoms with E-state index in [1.807, 2.05) is 0 Å². The van der Waals surface area contributed by atoms with Gasteiger partial charge in [0, 0.05) is 25.4 Å². The van der Waals surface area contributed by atoms with Crippen LogP contribution in [-0.4, -0.2) is 53.6 Å². The molecule has 3 aromatic rings. The van der Waals surface area contributed by atoms with Crippen LogP contribution in [0.1, 0.15) is 28.3 Å². The second-order valence-corrected chi connectivity index (χ2v) is 7.86. The summed E-state index contributed by atoms with van der Waals surface area (Å²) in [7, 11) is 1.76. The number of aryl methyl sites for hydroxylation is 1. The van der Waals surface area contributed by atoms with Crippen molar-refractivity contribution in [2.75, 3.05) is 13.1 Å². The molecule has 30 heavy (non-hydrogen) atoms. The van der Waals surface area contributed by atoms with Crippen LogP contribution in [0.2, 0.25) is 0 Å². The number of fused-ring (bicyclic) bond motifs is 1. The summed E-state index contributed by atoms with van der Waals surface area (Å²) in [5.74, 6) is -0.0107. The molecule has 1 aromatic carbocycles. The number of benzene rings is 1. The van der Waals surface area contributed by atoms with Crippen LogP contribution in [0.3, 0.4) is 0 Å². The van der Waals surface area contributed by atoms with Crippen LogP contribution >= 0.6 is 0 Å². The number of amides is 1. The zero-order chi connectivity index (χ0) is 20.9. The summed E-state index contributed by atoms with van der Waals surface area (Å²) < 4.78 is 24.5. The van der Waals surface area contributed by atoms with Gasteiger partial charge in [-0.05, 0) is 18.6 Å². The molecule has 10 heteroatoms. The van der Waals surface area contributed by atoms with Gasteiger partial charge >= 0.3 is 5.69 Å². The van der Waals surface area contributed by atoms with Gasteiger partial charge in [-0.15, -0.1) is 0 Å². The highest BCUT2D eigenvalue weighted by Crippen LogP contribution is 2.32. The molecule has 1 spiro atoms. The lowest BCUT2D eigenvalue weighted by atomic mass is 10.0. The summed E-state index contributed by atoms with van der Waals surface area (Å²) in [4.78, 5) is 27.3. The van der Waals surface area contributed by atoms with E-state index in [0.717, 1.165) is 0 Å². The van der Waals surface area contributed by atoms with E-state index in [2.05, 4.69) is 10.2 Å². The zero-order valence-corrected chi connectivity index (χ0v) is 16.5. The van der Waals surface area contributed by atoms with Gasteiger partial charge < -0.3 is 9.64 Å².